The summed E-state index contributed by atoms with van der Waals surface area (Å²) in [6, 6.07) is 4.56. The average molecular weight is 288 g/mol. The number of aromatic nitrogens is 2. The van der Waals surface area contributed by atoms with E-state index in [1.54, 1.807) is 6.07 Å². The number of benzene rings is 1. The van der Waals surface area contributed by atoms with Crippen LogP contribution >= 0.6 is 0 Å². The van der Waals surface area contributed by atoms with Gasteiger partial charge >= 0.3 is 0 Å². The van der Waals surface area contributed by atoms with Gasteiger partial charge in [-0.1, -0.05) is 43.3 Å². The SMILES string of the molecule is Oc1cccc(O)c1-c1nc(C2CCCCCCC2)no1. The van der Waals surface area contributed by atoms with Crippen LogP contribution in [0.5, 0.6) is 11.5 Å². The lowest BCUT2D eigenvalue weighted by molar-refractivity contribution is 0.388. The van der Waals surface area contributed by atoms with Crippen molar-refractivity contribution in [2.45, 2.75) is 50.9 Å². The third-order valence-corrected chi connectivity index (χ3v) is 4.15. The van der Waals surface area contributed by atoms with Gasteiger partial charge in [0.1, 0.15) is 17.1 Å². The molecule has 0 spiro atoms. The predicted octanol–water partition coefficient (Wildman–Crippen LogP) is 3.98. The third-order valence-electron chi connectivity index (χ3n) is 4.15. The molecule has 0 atom stereocenters. The van der Waals surface area contributed by atoms with E-state index in [2.05, 4.69) is 10.1 Å². The second kappa shape index (κ2) is 6.16. The van der Waals surface area contributed by atoms with Gasteiger partial charge in [0.2, 0.25) is 0 Å². The minimum absolute atomic E-state index is 0.0529. The van der Waals surface area contributed by atoms with Crippen LogP contribution in [-0.2, 0) is 0 Å². The molecule has 0 amide bonds. The maximum atomic E-state index is 9.86. The molecule has 1 heterocycles. The van der Waals surface area contributed by atoms with Gasteiger partial charge in [-0.25, -0.2) is 0 Å². The summed E-state index contributed by atoms with van der Waals surface area (Å²) < 4.78 is 5.26. The van der Waals surface area contributed by atoms with Gasteiger partial charge < -0.3 is 14.7 Å². The first-order valence-electron chi connectivity index (χ1n) is 7.60. The first-order chi connectivity index (χ1) is 10.3. The highest BCUT2D eigenvalue weighted by Crippen LogP contribution is 2.37. The Kier molecular flexibility index (Phi) is 4.08. The molecule has 2 N–H and O–H groups in total. The van der Waals surface area contributed by atoms with Gasteiger partial charge in [0.25, 0.3) is 5.89 Å². The predicted molar refractivity (Wildman–Crippen MR) is 78.1 cm³/mol. The molecule has 5 nitrogen and oxygen atoms in total. The van der Waals surface area contributed by atoms with E-state index in [9.17, 15) is 10.2 Å². The Balaban J connectivity index is 1.85. The lowest BCUT2D eigenvalue weighted by Crippen LogP contribution is -2.04. The molecule has 0 aliphatic heterocycles. The first kappa shape index (κ1) is 13.9. The molecule has 21 heavy (non-hydrogen) atoms. The summed E-state index contributed by atoms with van der Waals surface area (Å²) in [5, 5.41) is 23.8. The van der Waals surface area contributed by atoms with Crippen molar-refractivity contribution in [1.29, 1.82) is 0 Å². The van der Waals surface area contributed by atoms with Crippen LogP contribution < -0.4 is 0 Å². The summed E-state index contributed by atoms with van der Waals surface area (Å²) in [4.78, 5) is 4.40. The van der Waals surface area contributed by atoms with Crippen molar-refractivity contribution in [1.82, 2.24) is 10.1 Å². The molecule has 1 aliphatic carbocycles. The normalized spacial score (nSPS) is 17.3. The van der Waals surface area contributed by atoms with Crippen molar-refractivity contribution in [3.05, 3.63) is 24.0 Å². The van der Waals surface area contributed by atoms with Crippen LogP contribution in [-0.4, -0.2) is 20.4 Å². The molecule has 0 saturated heterocycles. The van der Waals surface area contributed by atoms with Crippen LogP contribution in [0.25, 0.3) is 11.5 Å². The van der Waals surface area contributed by atoms with Crippen molar-refractivity contribution in [3.8, 4) is 23.0 Å². The zero-order valence-electron chi connectivity index (χ0n) is 12.0. The van der Waals surface area contributed by atoms with E-state index in [-0.39, 0.29) is 23.0 Å². The Morgan fingerprint density at radius 3 is 2.24 bits per heavy atom. The van der Waals surface area contributed by atoms with Gasteiger partial charge in [0.05, 0.1) is 0 Å². The number of phenolic OH excluding ortho intramolecular Hbond substituents is 2. The van der Waals surface area contributed by atoms with Crippen molar-refractivity contribution in [2.24, 2.45) is 0 Å². The second-order valence-corrected chi connectivity index (χ2v) is 5.67. The van der Waals surface area contributed by atoms with Gasteiger partial charge in [0, 0.05) is 5.92 Å². The molecule has 1 fully saturated rings. The zero-order chi connectivity index (χ0) is 14.7. The smallest absolute Gasteiger partial charge is 0.265 e. The van der Waals surface area contributed by atoms with E-state index in [0.717, 1.165) is 12.8 Å². The van der Waals surface area contributed by atoms with E-state index in [1.165, 1.54) is 44.2 Å². The Morgan fingerprint density at radius 1 is 0.952 bits per heavy atom. The van der Waals surface area contributed by atoms with Gasteiger partial charge in [0.15, 0.2) is 5.82 Å². The molecular weight excluding hydrogens is 268 g/mol. The summed E-state index contributed by atoms with van der Waals surface area (Å²) in [6.45, 7) is 0. The number of phenols is 2. The highest BCUT2D eigenvalue weighted by molar-refractivity contribution is 5.69. The molecule has 1 aromatic heterocycles. The fourth-order valence-corrected chi connectivity index (χ4v) is 2.96. The van der Waals surface area contributed by atoms with Crippen LogP contribution in [0.3, 0.4) is 0 Å². The topological polar surface area (TPSA) is 79.4 Å². The molecule has 112 valence electrons. The highest BCUT2D eigenvalue weighted by atomic mass is 16.5. The van der Waals surface area contributed by atoms with Crippen LogP contribution in [0.4, 0.5) is 0 Å². The molecule has 5 heteroatoms. The molecular formula is C16H20N2O3. The lowest BCUT2D eigenvalue weighted by Gasteiger charge is -2.15. The molecule has 1 aromatic carbocycles. The summed E-state index contributed by atoms with van der Waals surface area (Å²) in [7, 11) is 0. The highest BCUT2D eigenvalue weighted by Gasteiger charge is 2.22. The molecule has 1 saturated carbocycles. The molecule has 0 unspecified atom stereocenters. The van der Waals surface area contributed by atoms with Crippen molar-refractivity contribution in [3.63, 3.8) is 0 Å². The summed E-state index contributed by atoms with van der Waals surface area (Å²) in [5.74, 6) is 1.08. The molecule has 3 rings (SSSR count). The fraction of sp³-hybridized carbons (Fsp3) is 0.500. The van der Waals surface area contributed by atoms with Crippen LogP contribution in [0.15, 0.2) is 22.7 Å². The molecule has 1 aliphatic rings. The van der Waals surface area contributed by atoms with Gasteiger partial charge in [-0.3, -0.25) is 0 Å². The van der Waals surface area contributed by atoms with Crippen LogP contribution in [0.2, 0.25) is 0 Å². The maximum absolute atomic E-state index is 9.86. The monoisotopic (exact) mass is 288 g/mol. The Bertz CT molecular complexity index is 581. The Labute approximate surface area is 123 Å². The van der Waals surface area contributed by atoms with Crippen molar-refractivity contribution in [2.75, 3.05) is 0 Å². The maximum Gasteiger partial charge on any atom is 0.265 e. The Hall–Kier alpha value is -2.04. The van der Waals surface area contributed by atoms with Gasteiger partial charge in [-0.05, 0) is 25.0 Å². The zero-order valence-corrected chi connectivity index (χ0v) is 12.0. The molecule has 0 radical (unpaired) electrons. The van der Waals surface area contributed by atoms with E-state index in [0.29, 0.717) is 11.7 Å². The van der Waals surface area contributed by atoms with Gasteiger partial charge in [-0.2, -0.15) is 4.98 Å². The van der Waals surface area contributed by atoms with E-state index in [1.807, 2.05) is 0 Å². The third kappa shape index (κ3) is 3.01. The quantitative estimate of drug-likeness (QED) is 0.873. The fourth-order valence-electron chi connectivity index (χ4n) is 2.96. The largest absolute Gasteiger partial charge is 0.507 e. The minimum Gasteiger partial charge on any atom is -0.507 e. The summed E-state index contributed by atoms with van der Waals surface area (Å²) >= 11 is 0. The summed E-state index contributed by atoms with van der Waals surface area (Å²) in [6.07, 6.45) is 8.38. The molecule has 2 aromatic rings. The Morgan fingerprint density at radius 2 is 1.57 bits per heavy atom. The van der Waals surface area contributed by atoms with E-state index >= 15 is 0 Å². The summed E-state index contributed by atoms with van der Waals surface area (Å²) in [5.41, 5.74) is 0.210. The van der Waals surface area contributed by atoms with E-state index in [4.69, 9.17) is 4.52 Å². The second-order valence-electron chi connectivity index (χ2n) is 5.67. The lowest BCUT2D eigenvalue weighted by atomic mass is 9.91. The average Bonchev–Trinajstić information content (AvgIpc) is 2.87. The standard InChI is InChI=1S/C16H20N2O3/c19-12-9-6-10-13(20)14(12)16-17-15(18-21-16)11-7-4-2-1-3-5-8-11/h6,9-11,19-20H,1-5,7-8H2. The number of hydrogen-bond acceptors (Lipinski definition) is 5. The first-order valence-corrected chi connectivity index (χ1v) is 7.60. The van der Waals surface area contributed by atoms with Crippen molar-refractivity contribution >= 4 is 0 Å². The number of rotatable bonds is 2. The number of nitrogens with zero attached hydrogens (tertiary/aromatic N) is 2. The number of aromatic hydroxyl groups is 2. The van der Waals surface area contributed by atoms with Crippen LogP contribution in [0.1, 0.15) is 56.7 Å². The van der Waals surface area contributed by atoms with E-state index < -0.39 is 0 Å². The number of hydrogen-bond donors (Lipinski definition) is 2. The minimum atomic E-state index is -0.0529. The van der Waals surface area contributed by atoms with Gasteiger partial charge in [-0.15, -0.1) is 0 Å². The molecule has 0 bridgehead atoms. The van der Waals surface area contributed by atoms with Crippen LogP contribution in [0, 0.1) is 0 Å². The van der Waals surface area contributed by atoms with Crippen molar-refractivity contribution < 1.29 is 14.7 Å².